The summed E-state index contributed by atoms with van der Waals surface area (Å²) in [5.41, 5.74) is 5.04. The van der Waals surface area contributed by atoms with Crippen molar-refractivity contribution in [2.45, 2.75) is 19.4 Å². The Morgan fingerprint density at radius 2 is 1.62 bits per heavy atom. The third kappa shape index (κ3) is 6.10. The predicted octanol–water partition coefficient (Wildman–Crippen LogP) is 1.50. The first-order chi connectivity index (χ1) is 17.3. The molecule has 0 spiro atoms. The Kier molecular flexibility index (Phi) is 9.09. The fourth-order valence-corrected chi connectivity index (χ4v) is 5.28. The van der Waals surface area contributed by atoms with Crippen LogP contribution in [0.15, 0.2) is 60.7 Å². The van der Waals surface area contributed by atoms with E-state index in [0.29, 0.717) is 37.4 Å². The van der Waals surface area contributed by atoms with E-state index in [9.17, 15) is 17.7 Å². The first-order valence-electron chi connectivity index (χ1n) is 12.2. The minimum absolute atomic E-state index is 0. The second-order valence-corrected chi connectivity index (χ2v) is 9.32. The van der Waals surface area contributed by atoms with E-state index < -0.39 is 18.5 Å². The van der Waals surface area contributed by atoms with E-state index >= 15 is 0 Å². The largest absolute Gasteiger partial charge is 1.00 e. The molecule has 10 heteroatoms. The number of hydrogen-bond acceptors (Lipinski definition) is 4. The molecule has 1 aliphatic carbocycles. The van der Waals surface area contributed by atoms with Crippen LogP contribution < -0.4 is 72.4 Å². The third-order valence-electron chi connectivity index (χ3n) is 7.07. The van der Waals surface area contributed by atoms with Gasteiger partial charge in [0.05, 0.1) is 0 Å². The number of ether oxygens (including phenoxy) is 1. The SMILES string of the molecule is Cc1c(N2CCNCC2)cc(CNC(=O)OCC2c3ccccc3-c3ccccc32)cc1[B-](F)(F)F.[K+]. The van der Waals surface area contributed by atoms with Crippen molar-refractivity contribution >= 4 is 24.2 Å². The average Bonchev–Trinajstić information content (AvgIpc) is 3.20. The Balaban J connectivity index is 0.00000320. The molecule has 0 saturated carbocycles. The van der Waals surface area contributed by atoms with E-state index in [1.165, 1.54) is 6.92 Å². The predicted molar refractivity (Wildman–Crippen MR) is 137 cm³/mol. The van der Waals surface area contributed by atoms with Gasteiger partial charge in [0, 0.05) is 44.3 Å². The number of piperazine rings is 1. The summed E-state index contributed by atoms with van der Waals surface area (Å²) in [5, 5.41) is 5.87. The maximum absolute atomic E-state index is 13.8. The molecule has 1 saturated heterocycles. The Morgan fingerprint density at radius 1 is 1.03 bits per heavy atom. The molecule has 188 valence electrons. The van der Waals surface area contributed by atoms with Crippen molar-refractivity contribution in [3.05, 3.63) is 82.9 Å². The first kappa shape index (κ1) is 28.2. The van der Waals surface area contributed by atoms with Crippen LogP contribution in [-0.2, 0) is 11.3 Å². The number of fused-ring (bicyclic) bond motifs is 3. The third-order valence-corrected chi connectivity index (χ3v) is 7.07. The molecule has 0 radical (unpaired) electrons. The molecule has 3 aromatic rings. The monoisotopic (exact) mass is 533 g/mol. The number of nitrogens with zero attached hydrogens (tertiary/aromatic N) is 1. The zero-order valence-electron chi connectivity index (χ0n) is 21.1. The number of alkyl carbamates (subject to hydrolysis) is 1. The Hall–Kier alpha value is -1.82. The van der Waals surface area contributed by atoms with Crippen molar-refractivity contribution < 1.29 is 73.9 Å². The molecule has 1 aliphatic heterocycles. The molecule has 3 aromatic carbocycles. The number of rotatable bonds is 6. The molecule has 2 N–H and O–H groups in total. The molecule has 1 fully saturated rings. The van der Waals surface area contributed by atoms with Crippen LogP contribution in [0.1, 0.15) is 28.2 Å². The Labute approximate surface area is 257 Å². The topological polar surface area (TPSA) is 53.6 Å². The average molecular weight is 533 g/mol. The van der Waals surface area contributed by atoms with Gasteiger partial charge in [0.25, 0.3) is 0 Å². The van der Waals surface area contributed by atoms with Crippen molar-refractivity contribution in [1.29, 1.82) is 0 Å². The molecule has 5 nitrogen and oxygen atoms in total. The standard InChI is InChI=1S/C27H28BF3N3O2.K/c1-18-25(28(29,30)31)14-19(15-26(18)34-12-10-32-11-13-34)16-33-27(35)36-17-24-22-8-4-2-6-20(22)21-7-3-5-9-23(21)24;/h2-9,14-15,24,32H,10-13,16-17H2,1H3,(H,33,35);/q-1;+1. The number of nitrogens with one attached hydrogen (secondary N) is 2. The van der Waals surface area contributed by atoms with Crippen LogP contribution in [0.3, 0.4) is 0 Å². The quantitative estimate of drug-likeness (QED) is 0.472. The van der Waals surface area contributed by atoms with Gasteiger partial charge in [-0.15, -0.1) is 5.46 Å². The fourth-order valence-electron chi connectivity index (χ4n) is 5.28. The number of halogens is 3. The Bertz CT molecular complexity index is 1240. The summed E-state index contributed by atoms with van der Waals surface area (Å²) in [6, 6.07) is 19.0. The number of hydrogen-bond donors (Lipinski definition) is 2. The van der Waals surface area contributed by atoms with Crippen molar-refractivity contribution in [1.82, 2.24) is 10.6 Å². The molecule has 0 aromatic heterocycles. The van der Waals surface area contributed by atoms with E-state index in [4.69, 9.17) is 4.74 Å². The van der Waals surface area contributed by atoms with Gasteiger partial charge in [-0.05, 0) is 40.8 Å². The van der Waals surface area contributed by atoms with Crippen LogP contribution >= 0.6 is 0 Å². The van der Waals surface area contributed by atoms with E-state index in [-0.39, 0.29) is 76.0 Å². The molecular formula is C27H28BF3KN3O2. The smallest absolute Gasteiger partial charge is 0.449 e. The molecule has 1 heterocycles. The van der Waals surface area contributed by atoms with E-state index in [1.54, 1.807) is 6.07 Å². The summed E-state index contributed by atoms with van der Waals surface area (Å²) in [5.74, 6) is -0.0821. The van der Waals surface area contributed by atoms with E-state index in [0.717, 1.165) is 28.3 Å². The summed E-state index contributed by atoms with van der Waals surface area (Å²) in [6.07, 6.45) is -0.653. The second kappa shape index (κ2) is 11.9. The number of anilines is 1. The van der Waals surface area contributed by atoms with Crippen LogP contribution in [0, 0.1) is 6.92 Å². The van der Waals surface area contributed by atoms with Crippen LogP contribution in [0.2, 0.25) is 0 Å². The number of carbonyl (C=O) groups is 1. The van der Waals surface area contributed by atoms with Gasteiger partial charge in [0.1, 0.15) is 6.61 Å². The van der Waals surface area contributed by atoms with Crippen molar-refractivity contribution in [2.24, 2.45) is 0 Å². The van der Waals surface area contributed by atoms with Crippen LogP contribution in [0.4, 0.5) is 23.4 Å². The van der Waals surface area contributed by atoms with Crippen LogP contribution in [0.5, 0.6) is 0 Å². The van der Waals surface area contributed by atoms with E-state index in [1.807, 2.05) is 41.3 Å². The molecule has 37 heavy (non-hydrogen) atoms. The van der Waals surface area contributed by atoms with Crippen LogP contribution in [-0.4, -0.2) is 45.9 Å². The normalized spacial score (nSPS) is 15.0. The summed E-state index contributed by atoms with van der Waals surface area (Å²) in [7, 11) is 0. The van der Waals surface area contributed by atoms with Crippen molar-refractivity contribution in [3.63, 3.8) is 0 Å². The molecule has 0 atom stereocenters. The molecule has 0 bridgehead atoms. The van der Waals surface area contributed by atoms with Gasteiger partial charge in [0.2, 0.25) is 0 Å². The minimum atomic E-state index is -5.18. The minimum Gasteiger partial charge on any atom is -0.449 e. The molecule has 1 amide bonds. The fraction of sp³-hybridized carbons (Fsp3) is 0.296. The van der Waals surface area contributed by atoms with Gasteiger partial charge in [-0.25, -0.2) is 4.79 Å². The molecule has 2 aliphatic rings. The molecule has 0 unspecified atom stereocenters. The number of amides is 1. The first-order valence-corrected chi connectivity index (χ1v) is 12.2. The zero-order chi connectivity index (χ0) is 25.3. The maximum atomic E-state index is 13.8. The van der Waals surface area contributed by atoms with Crippen molar-refractivity contribution in [2.75, 3.05) is 37.7 Å². The van der Waals surface area contributed by atoms with Gasteiger partial charge in [0.15, 0.2) is 0 Å². The summed E-state index contributed by atoms with van der Waals surface area (Å²) in [6.45, 7) is -0.864. The van der Waals surface area contributed by atoms with Gasteiger partial charge in [-0.2, -0.15) is 0 Å². The zero-order valence-corrected chi connectivity index (χ0v) is 24.2. The summed E-state index contributed by atoms with van der Waals surface area (Å²) >= 11 is 0. The van der Waals surface area contributed by atoms with Gasteiger partial charge in [-0.1, -0.05) is 60.2 Å². The molecular weight excluding hydrogens is 505 g/mol. The summed E-state index contributed by atoms with van der Waals surface area (Å²) in [4.78, 5) is 14.5. The van der Waals surface area contributed by atoms with Gasteiger partial charge in [-0.3, -0.25) is 0 Å². The second-order valence-electron chi connectivity index (χ2n) is 9.32. The van der Waals surface area contributed by atoms with Crippen LogP contribution in [0.25, 0.3) is 11.1 Å². The number of carbonyl (C=O) groups excluding carboxylic acids is 1. The van der Waals surface area contributed by atoms with E-state index in [2.05, 4.69) is 22.8 Å². The molecule has 5 rings (SSSR count). The summed E-state index contributed by atoms with van der Waals surface area (Å²) < 4.78 is 47.0. The number of benzene rings is 3. The Morgan fingerprint density at radius 3 is 2.22 bits per heavy atom. The van der Waals surface area contributed by atoms with Gasteiger partial charge >= 0.3 is 64.5 Å². The van der Waals surface area contributed by atoms with Crippen molar-refractivity contribution in [3.8, 4) is 11.1 Å². The maximum Gasteiger partial charge on any atom is 1.00 e. The van der Waals surface area contributed by atoms with Gasteiger partial charge < -0.3 is 33.2 Å².